The van der Waals surface area contributed by atoms with Gasteiger partial charge >= 0.3 is 5.97 Å². The molecule has 0 bridgehead atoms. The summed E-state index contributed by atoms with van der Waals surface area (Å²) in [5.74, 6) is 1.77. The van der Waals surface area contributed by atoms with Crippen LogP contribution in [-0.4, -0.2) is 39.8 Å². The second kappa shape index (κ2) is 17.5. The number of hydrogen-bond acceptors (Lipinski definition) is 6. The minimum absolute atomic E-state index is 0.117. The lowest BCUT2D eigenvalue weighted by molar-refractivity contribution is -0.143. The van der Waals surface area contributed by atoms with Gasteiger partial charge in [-0.05, 0) is 85.4 Å². The summed E-state index contributed by atoms with van der Waals surface area (Å²) in [6.07, 6.45) is 13.1. The van der Waals surface area contributed by atoms with Crippen molar-refractivity contribution in [1.82, 2.24) is 20.6 Å². The van der Waals surface area contributed by atoms with Crippen LogP contribution in [0.4, 0.5) is 0 Å². The molecule has 0 aliphatic heterocycles. The van der Waals surface area contributed by atoms with Gasteiger partial charge in [0, 0.05) is 17.5 Å². The zero-order chi connectivity index (χ0) is 29.2. The number of hydrogen-bond donors (Lipinski definition) is 1. The normalized spacial score (nSPS) is 11.9. The van der Waals surface area contributed by atoms with E-state index in [1.54, 1.807) is 0 Å². The maximum absolute atomic E-state index is 11.8. The summed E-state index contributed by atoms with van der Waals surface area (Å²) in [6, 6.07) is 27.2. The number of carbonyl (C=O) groups excluding carboxylic acids is 1. The summed E-state index contributed by atoms with van der Waals surface area (Å²) in [5.41, 5.74) is 4.68. The molecule has 1 N–H and O–H groups in total. The van der Waals surface area contributed by atoms with Crippen molar-refractivity contribution in [3.63, 3.8) is 0 Å². The predicted molar refractivity (Wildman–Crippen MR) is 167 cm³/mol. The van der Waals surface area contributed by atoms with Crippen molar-refractivity contribution in [2.45, 2.75) is 64.7 Å². The molecule has 0 spiro atoms. The highest BCUT2D eigenvalue weighted by atomic mass is 16.5. The number of carbonyl (C=O) groups is 1. The van der Waals surface area contributed by atoms with Gasteiger partial charge in [-0.25, -0.2) is 5.10 Å². The second-order valence-corrected chi connectivity index (χ2v) is 10.5. The lowest BCUT2D eigenvalue weighted by atomic mass is 9.92. The van der Waals surface area contributed by atoms with E-state index in [4.69, 9.17) is 9.47 Å². The Morgan fingerprint density at radius 1 is 0.881 bits per heavy atom. The van der Waals surface area contributed by atoms with E-state index in [1.807, 2.05) is 25.1 Å². The predicted octanol–water partition coefficient (Wildman–Crippen LogP) is 7.65. The van der Waals surface area contributed by atoms with Gasteiger partial charge in [-0.1, -0.05) is 91.4 Å². The fourth-order valence-electron chi connectivity index (χ4n) is 4.98. The largest absolute Gasteiger partial charge is 0.493 e. The Labute approximate surface area is 249 Å². The molecule has 0 saturated carbocycles. The number of unbranched alkanes of at least 4 members (excludes halogenated alkanes) is 3. The molecule has 7 heteroatoms. The first kappa shape index (κ1) is 30.7. The van der Waals surface area contributed by atoms with Crippen LogP contribution in [0.5, 0.6) is 5.75 Å². The third kappa shape index (κ3) is 10.6. The molecular formula is C35H42N4O3. The van der Waals surface area contributed by atoms with Gasteiger partial charge in [0.05, 0.1) is 13.2 Å². The molecule has 0 saturated heterocycles. The molecule has 1 unspecified atom stereocenters. The van der Waals surface area contributed by atoms with Crippen LogP contribution in [0, 0.1) is 5.92 Å². The molecule has 1 aromatic heterocycles. The topological polar surface area (TPSA) is 90.0 Å². The number of esters is 1. The number of benzene rings is 3. The molecule has 0 aliphatic carbocycles. The van der Waals surface area contributed by atoms with Crippen LogP contribution < -0.4 is 4.74 Å². The van der Waals surface area contributed by atoms with Gasteiger partial charge < -0.3 is 9.47 Å². The fraction of sp³-hybridized carbons (Fsp3) is 0.371. The van der Waals surface area contributed by atoms with E-state index in [9.17, 15) is 4.79 Å². The number of nitrogens with one attached hydrogen (secondary N) is 1. The highest BCUT2D eigenvalue weighted by Gasteiger charge is 2.10. The highest BCUT2D eigenvalue weighted by Crippen LogP contribution is 2.25. The van der Waals surface area contributed by atoms with Crippen molar-refractivity contribution in [2.24, 2.45) is 5.92 Å². The number of para-hydroxylation sites is 1. The number of allylic oxidation sites excluding steroid dienone is 1. The van der Waals surface area contributed by atoms with E-state index in [0.717, 1.165) is 61.8 Å². The van der Waals surface area contributed by atoms with Crippen LogP contribution in [0.25, 0.3) is 17.5 Å². The maximum Gasteiger partial charge on any atom is 0.305 e. The minimum atomic E-state index is -0.117. The van der Waals surface area contributed by atoms with E-state index in [0.29, 0.717) is 31.4 Å². The number of aromatic amines is 1. The quantitative estimate of drug-likeness (QED) is 0.0982. The van der Waals surface area contributed by atoms with Gasteiger partial charge in [0.15, 0.2) is 5.82 Å². The Morgan fingerprint density at radius 2 is 1.69 bits per heavy atom. The van der Waals surface area contributed by atoms with Gasteiger partial charge in [-0.15, -0.1) is 5.10 Å². The molecule has 4 rings (SSSR count). The molecule has 3 aromatic carbocycles. The third-order valence-electron chi connectivity index (χ3n) is 7.26. The average Bonchev–Trinajstić information content (AvgIpc) is 3.56. The Balaban J connectivity index is 1.32. The SMILES string of the molecule is CCOC(=O)CCCCC(C=Cc1ccccc1OCCCCCc1ccccc1)Cc1ccc(-c2nnn[nH]2)cc1. The number of H-pyrrole nitrogens is 1. The molecule has 1 heterocycles. The van der Waals surface area contributed by atoms with E-state index < -0.39 is 0 Å². The van der Waals surface area contributed by atoms with Crippen LogP contribution in [0.3, 0.4) is 0 Å². The molecule has 4 aromatic rings. The summed E-state index contributed by atoms with van der Waals surface area (Å²) in [4.78, 5) is 11.8. The van der Waals surface area contributed by atoms with Crippen molar-refractivity contribution in [2.75, 3.05) is 13.2 Å². The van der Waals surface area contributed by atoms with E-state index in [-0.39, 0.29) is 5.97 Å². The first-order valence-electron chi connectivity index (χ1n) is 15.1. The maximum atomic E-state index is 11.8. The third-order valence-corrected chi connectivity index (χ3v) is 7.26. The molecule has 1 atom stereocenters. The molecule has 220 valence electrons. The van der Waals surface area contributed by atoms with Crippen LogP contribution in [-0.2, 0) is 22.4 Å². The standard InChI is InChI=1S/C35H42N4O3/c1-2-41-34(40)19-11-8-16-29(27-30-21-24-32(25-22-30)35-36-38-39-37-35)20-23-31-17-9-10-18-33(31)42-26-12-4-7-15-28-13-5-3-6-14-28/h3,5-6,9-10,13-14,17-18,20-25,29H,2,4,7-8,11-12,15-16,19,26-27H2,1H3,(H,36,37,38,39). The summed E-state index contributed by atoms with van der Waals surface area (Å²) >= 11 is 0. The molecule has 0 aliphatic rings. The number of rotatable bonds is 18. The van der Waals surface area contributed by atoms with Crippen LogP contribution in [0.15, 0.2) is 84.9 Å². The van der Waals surface area contributed by atoms with Gasteiger partial charge in [-0.3, -0.25) is 4.79 Å². The van der Waals surface area contributed by atoms with Gasteiger partial charge in [0.25, 0.3) is 0 Å². The average molecular weight is 567 g/mol. The van der Waals surface area contributed by atoms with Crippen molar-refractivity contribution in [3.05, 3.63) is 102 Å². The lowest BCUT2D eigenvalue weighted by Gasteiger charge is -2.14. The van der Waals surface area contributed by atoms with Crippen molar-refractivity contribution in [3.8, 4) is 17.1 Å². The van der Waals surface area contributed by atoms with E-state index in [1.165, 1.54) is 17.5 Å². The summed E-state index contributed by atoms with van der Waals surface area (Å²) in [5, 5.41) is 14.1. The zero-order valence-electron chi connectivity index (χ0n) is 24.6. The van der Waals surface area contributed by atoms with Crippen molar-refractivity contribution < 1.29 is 14.3 Å². The Kier molecular flexibility index (Phi) is 12.8. The monoisotopic (exact) mass is 566 g/mol. The smallest absolute Gasteiger partial charge is 0.305 e. The van der Waals surface area contributed by atoms with Crippen LogP contribution in [0.2, 0.25) is 0 Å². The molecule has 0 fully saturated rings. The number of aromatic nitrogens is 4. The number of ether oxygens (including phenoxy) is 2. The highest BCUT2D eigenvalue weighted by molar-refractivity contribution is 5.69. The Bertz CT molecular complexity index is 1340. The van der Waals surface area contributed by atoms with Crippen molar-refractivity contribution >= 4 is 12.0 Å². The molecule has 7 nitrogen and oxygen atoms in total. The summed E-state index contributed by atoms with van der Waals surface area (Å²) < 4.78 is 11.3. The molecule has 0 radical (unpaired) electrons. The Morgan fingerprint density at radius 3 is 2.48 bits per heavy atom. The second-order valence-electron chi connectivity index (χ2n) is 10.5. The summed E-state index contributed by atoms with van der Waals surface area (Å²) in [7, 11) is 0. The van der Waals surface area contributed by atoms with Crippen LogP contribution >= 0.6 is 0 Å². The molecule has 0 amide bonds. The lowest BCUT2D eigenvalue weighted by Crippen LogP contribution is -2.05. The Hall–Kier alpha value is -4.26. The van der Waals surface area contributed by atoms with Gasteiger partial charge in [-0.2, -0.15) is 0 Å². The number of aryl methyl sites for hydroxylation is 1. The first-order chi connectivity index (χ1) is 20.7. The van der Waals surface area contributed by atoms with Crippen LogP contribution in [0.1, 0.15) is 68.6 Å². The van der Waals surface area contributed by atoms with E-state index >= 15 is 0 Å². The summed E-state index contributed by atoms with van der Waals surface area (Å²) in [6.45, 7) is 2.99. The fourth-order valence-corrected chi connectivity index (χ4v) is 4.98. The minimum Gasteiger partial charge on any atom is -0.493 e. The first-order valence-corrected chi connectivity index (χ1v) is 15.1. The van der Waals surface area contributed by atoms with Gasteiger partial charge in [0.2, 0.25) is 0 Å². The molecular weight excluding hydrogens is 524 g/mol. The number of tetrazole rings is 1. The number of nitrogens with zero attached hydrogens (tertiary/aromatic N) is 3. The van der Waals surface area contributed by atoms with Gasteiger partial charge in [0.1, 0.15) is 5.75 Å². The molecule has 42 heavy (non-hydrogen) atoms. The van der Waals surface area contributed by atoms with Crippen molar-refractivity contribution in [1.29, 1.82) is 0 Å². The van der Waals surface area contributed by atoms with E-state index in [2.05, 4.69) is 93.4 Å². The zero-order valence-corrected chi connectivity index (χ0v) is 24.6.